The van der Waals surface area contributed by atoms with Gasteiger partial charge in [-0.1, -0.05) is 18.2 Å². The van der Waals surface area contributed by atoms with Crippen molar-refractivity contribution in [3.63, 3.8) is 0 Å². The highest BCUT2D eigenvalue weighted by molar-refractivity contribution is 6.05. The third kappa shape index (κ3) is 2.67. The highest BCUT2D eigenvalue weighted by atomic mass is 16.6. The Morgan fingerprint density at radius 3 is 2.27 bits per heavy atom. The Bertz CT molecular complexity index is 755. The summed E-state index contributed by atoms with van der Waals surface area (Å²) in [6.07, 6.45) is 0. The largest absolute Gasteiger partial charge is 0.340 e. The highest BCUT2D eigenvalue weighted by Crippen LogP contribution is 2.29. The molecule has 114 valence electrons. The Morgan fingerprint density at radius 1 is 1.14 bits per heavy atom. The number of rotatable bonds is 3. The van der Waals surface area contributed by atoms with Crippen LogP contribution in [0.1, 0.15) is 27.3 Å². The second-order valence-corrected chi connectivity index (χ2v) is 5.16. The van der Waals surface area contributed by atoms with E-state index in [1.807, 2.05) is 13.0 Å². The van der Waals surface area contributed by atoms with Gasteiger partial charge in [-0.25, -0.2) is 0 Å². The summed E-state index contributed by atoms with van der Waals surface area (Å²) in [5.74, 6) is -0.287. The number of nitrogens with one attached hydrogen (secondary N) is 1. The molecule has 0 aliphatic heterocycles. The first-order valence-electron chi connectivity index (χ1n) is 6.85. The summed E-state index contributed by atoms with van der Waals surface area (Å²) in [7, 11) is 1.75. The first-order valence-corrected chi connectivity index (χ1v) is 6.85. The van der Waals surface area contributed by atoms with Gasteiger partial charge in [0.1, 0.15) is 12.7 Å². The number of nitrogens with zero attached hydrogens (tertiary/aromatic N) is 2. The van der Waals surface area contributed by atoms with Gasteiger partial charge in [0.25, 0.3) is 11.6 Å². The highest BCUT2D eigenvalue weighted by Gasteiger charge is 2.30. The van der Waals surface area contributed by atoms with E-state index < -0.39 is 4.92 Å². The number of nitro groups is 1. The molecule has 1 amide bonds. The van der Waals surface area contributed by atoms with E-state index in [0.717, 1.165) is 5.69 Å². The lowest BCUT2D eigenvalue weighted by Crippen LogP contribution is -2.38. The third-order valence-electron chi connectivity index (χ3n) is 3.90. The molecule has 1 N–H and O–H groups in total. The van der Waals surface area contributed by atoms with Gasteiger partial charge in [0, 0.05) is 19.4 Å². The quantitative estimate of drug-likeness (QED) is 0.538. The van der Waals surface area contributed by atoms with E-state index >= 15 is 0 Å². The number of anilines is 1. The Labute approximate surface area is 128 Å². The maximum Gasteiger partial charge on any atom is 0.340 e. The van der Waals surface area contributed by atoms with Crippen molar-refractivity contribution in [3.8, 4) is 0 Å². The van der Waals surface area contributed by atoms with Crippen molar-refractivity contribution < 1.29 is 14.3 Å². The van der Waals surface area contributed by atoms with Crippen LogP contribution in [0.3, 0.4) is 0 Å². The predicted octanol–water partition coefficient (Wildman–Crippen LogP) is 2.60. The second-order valence-electron chi connectivity index (χ2n) is 5.16. The van der Waals surface area contributed by atoms with Crippen molar-refractivity contribution in [1.29, 1.82) is 0 Å². The van der Waals surface area contributed by atoms with Crippen LogP contribution in [-0.2, 0) is 7.05 Å². The third-order valence-corrected chi connectivity index (χ3v) is 3.90. The molecule has 6 nitrogen and oxygen atoms in total. The van der Waals surface area contributed by atoms with Crippen molar-refractivity contribution >= 4 is 17.3 Å². The van der Waals surface area contributed by atoms with Crippen LogP contribution in [-0.4, -0.2) is 10.8 Å². The van der Waals surface area contributed by atoms with Crippen molar-refractivity contribution in [2.75, 3.05) is 5.32 Å². The number of amides is 1. The number of benzene rings is 1. The first kappa shape index (κ1) is 15.6. The zero-order chi connectivity index (χ0) is 16.4. The minimum absolute atomic E-state index is 0.0245. The van der Waals surface area contributed by atoms with E-state index in [9.17, 15) is 14.9 Å². The van der Waals surface area contributed by atoms with Crippen molar-refractivity contribution in [1.82, 2.24) is 0 Å². The second kappa shape index (κ2) is 5.93. The topological polar surface area (TPSA) is 76.1 Å². The van der Waals surface area contributed by atoms with Crippen molar-refractivity contribution in [2.45, 2.75) is 20.8 Å². The smallest absolute Gasteiger partial charge is 0.316 e. The van der Waals surface area contributed by atoms with Gasteiger partial charge in [-0.05, 0) is 19.1 Å². The van der Waals surface area contributed by atoms with Gasteiger partial charge in [-0.2, -0.15) is 4.57 Å². The predicted molar refractivity (Wildman–Crippen MR) is 82.9 cm³/mol. The molecule has 0 aliphatic carbocycles. The zero-order valence-electron chi connectivity index (χ0n) is 13.0. The molecule has 1 heterocycles. The average molecular weight is 300 g/mol. The molecule has 2 rings (SSSR count). The number of carbonyl (C=O) groups excluding carboxylic acids is 1. The summed E-state index contributed by atoms with van der Waals surface area (Å²) < 4.78 is 1.71. The molecule has 0 spiro atoms. The fraction of sp³-hybridized carbons (Fsp3) is 0.250. The number of carbonyl (C=O) groups is 1. The maximum atomic E-state index is 12.3. The molecule has 0 saturated carbocycles. The van der Waals surface area contributed by atoms with Crippen LogP contribution in [0.15, 0.2) is 30.3 Å². The maximum absolute atomic E-state index is 12.3. The van der Waals surface area contributed by atoms with E-state index in [0.29, 0.717) is 22.5 Å². The van der Waals surface area contributed by atoms with Crippen LogP contribution >= 0.6 is 0 Å². The summed E-state index contributed by atoms with van der Waals surface area (Å²) in [5, 5.41) is 14.1. The van der Waals surface area contributed by atoms with Gasteiger partial charge in [0.05, 0.1) is 10.5 Å². The standard InChI is InChI=1S/C16H17N3O3/c1-10-14(17-16(20)13-8-6-5-7-9-13)11(2)18(4)12(3)15(10)19(21)22/h5-9H,1-4H3/p+1. The minimum Gasteiger partial charge on any atom is -0.316 e. The number of hydrogen-bond donors (Lipinski definition) is 1. The van der Waals surface area contributed by atoms with E-state index in [1.54, 1.807) is 49.7 Å². The van der Waals surface area contributed by atoms with Gasteiger partial charge >= 0.3 is 5.69 Å². The average Bonchev–Trinajstić information content (AvgIpc) is 2.50. The van der Waals surface area contributed by atoms with E-state index in [4.69, 9.17) is 0 Å². The van der Waals surface area contributed by atoms with Gasteiger partial charge < -0.3 is 5.32 Å². The van der Waals surface area contributed by atoms with Gasteiger partial charge in [0.15, 0.2) is 0 Å². The fourth-order valence-corrected chi connectivity index (χ4v) is 2.47. The number of pyridine rings is 1. The molecular weight excluding hydrogens is 282 g/mol. The SMILES string of the molecule is Cc1c(NC(=O)c2ccccc2)c(C)[n+](C)c(C)c1[N+](=O)[O-]. The lowest BCUT2D eigenvalue weighted by Gasteiger charge is -2.12. The Balaban J connectivity index is 2.52. The molecule has 0 aliphatic rings. The lowest BCUT2D eigenvalue weighted by atomic mass is 10.1. The van der Waals surface area contributed by atoms with Crippen LogP contribution in [0.4, 0.5) is 11.4 Å². The van der Waals surface area contributed by atoms with Crippen LogP contribution in [0, 0.1) is 30.9 Å². The van der Waals surface area contributed by atoms with Gasteiger partial charge in [0.2, 0.25) is 5.69 Å². The van der Waals surface area contributed by atoms with Crippen molar-refractivity contribution in [2.24, 2.45) is 7.05 Å². The summed E-state index contributed by atoms with van der Waals surface area (Å²) in [5.41, 5.74) is 2.79. The molecule has 6 heteroatoms. The molecule has 0 bridgehead atoms. The van der Waals surface area contributed by atoms with Gasteiger partial charge in [-0.15, -0.1) is 0 Å². The summed E-state index contributed by atoms with van der Waals surface area (Å²) >= 11 is 0. The first-order chi connectivity index (χ1) is 10.3. The fourth-order valence-electron chi connectivity index (χ4n) is 2.47. The Kier molecular flexibility index (Phi) is 4.21. The van der Waals surface area contributed by atoms with Crippen molar-refractivity contribution in [3.05, 3.63) is 63.0 Å². The molecule has 0 atom stereocenters. The van der Waals surface area contributed by atoms with Crippen LogP contribution in [0.25, 0.3) is 0 Å². The normalized spacial score (nSPS) is 10.4. The lowest BCUT2D eigenvalue weighted by molar-refractivity contribution is -0.685. The van der Waals surface area contributed by atoms with E-state index in [-0.39, 0.29) is 11.6 Å². The molecular formula is C16H18N3O3+. The van der Waals surface area contributed by atoms with E-state index in [1.165, 1.54) is 0 Å². The summed E-state index contributed by atoms with van der Waals surface area (Å²) in [6, 6.07) is 8.76. The molecule has 22 heavy (non-hydrogen) atoms. The monoisotopic (exact) mass is 300 g/mol. The molecule has 1 aromatic carbocycles. The number of hydrogen-bond acceptors (Lipinski definition) is 3. The zero-order valence-corrected chi connectivity index (χ0v) is 13.0. The summed E-state index contributed by atoms with van der Waals surface area (Å²) in [4.78, 5) is 23.2. The molecule has 0 unspecified atom stereocenters. The molecule has 2 aromatic rings. The molecule has 1 aromatic heterocycles. The minimum atomic E-state index is -0.414. The molecule has 0 saturated heterocycles. The molecule has 0 fully saturated rings. The van der Waals surface area contributed by atoms with Gasteiger partial charge in [-0.3, -0.25) is 14.9 Å². The molecule has 0 radical (unpaired) electrons. The van der Waals surface area contributed by atoms with Crippen LogP contribution in [0.5, 0.6) is 0 Å². The Morgan fingerprint density at radius 2 is 1.73 bits per heavy atom. The number of aromatic nitrogens is 1. The summed E-state index contributed by atoms with van der Waals surface area (Å²) in [6.45, 7) is 5.17. The van der Waals surface area contributed by atoms with Crippen LogP contribution in [0.2, 0.25) is 0 Å². The van der Waals surface area contributed by atoms with E-state index in [2.05, 4.69) is 5.32 Å². The van der Waals surface area contributed by atoms with Crippen LogP contribution < -0.4 is 9.88 Å². The Hall–Kier alpha value is -2.76.